The number of nitrogens with one attached hydrogen (secondary N) is 2. The molecule has 4 aromatic rings. The van der Waals surface area contributed by atoms with Crippen LogP contribution in [0.15, 0.2) is 72.8 Å². The first-order chi connectivity index (χ1) is 19.0. The van der Waals surface area contributed by atoms with Crippen LogP contribution in [0.25, 0.3) is 10.9 Å². The number of piperidine rings is 1. The monoisotopic (exact) mass is 526 g/mol. The summed E-state index contributed by atoms with van der Waals surface area (Å²) in [4.78, 5) is 24.0. The fourth-order valence-corrected chi connectivity index (χ4v) is 5.24. The molecule has 1 aliphatic rings. The molecule has 1 aromatic heterocycles. The lowest BCUT2D eigenvalue weighted by Gasteiger charge is -2.42. The molecule has 202 valence electrons. The van der Waals surface area contributed by atoms with E-state index in [-0.39, 0.29) is 11.4 Å². The molecule has 0 unspecified atom stereocenters. The molecule has 2 amide bonds. The van der Waals surface area contributed by atoms with E-state index in [4.69, 9.17) is 20.2 Å². The van der Waals surface area contributed by atoms with Gasteiger partial charge in [-0.2, -0.15) is 0 Å². The summed E-state index contributed by atoms with van der Waals surface area (Å²) in [5.74, 6) is 2.18. The molecular formula is C30H34N6O3. The first kappa shape index (κ1) is 26.2. The van der Waals surface area contributed by atoms with E-state index in [0.717, 1.165) is 30.5 Å². The second-order valence-corrected chi connectivity index (χ2v) is 9.78. The van der Waals surface area contributed by atoms with Crippen molar-refractivity contribution in [2.45, 2.75) is 24.8 Å². The predicted molar refractivity (Wildman–Crippen MR) is 153 cm³/mol. The van der Waals surface area contributed by atoms with Crippen LogP contribution in [0, 0.1) is 0 Å². The average molecular weight is 527 g/mol. The molecule has 9 heteroatoms. The normalized spacial score (nSPS) is 14.7. The van der Waals surface area contributed by atoms with Crippen LogP contribution in [0.4, 0.5) is 16.3 Å². The van der Waals surface area contributed by atoms with Crippen LogP contribution in [0.5, 0.6) is 11.5 Å². The molecule has 0 bridgehead atoms. The summed E-state index contributed by atoms with van der Waals surface area (Å²) in [7, 11) is 3.18. The highest BCUT2D eigenvalue weighted by Crippen LogP contribution is 2.36. The van der Waals surface area contributed by atoms with Crippen molar-refractivity contribution < 1.29 is 14.3 Å². The Labute approximate surface area is 228 Å². The molecule has 39 heavy (non-hydrogen) atoms. The fourth-order valence-electron chi connectivity index (χ4n) is 5.24. The Kier molecular flexibility index (Phi) is 7.79. The molecule has 0 saturated carbocycles. The Morgan fingerprint density at radius 2 is 1.59 bits per heavy atom. The predicted octanol–water partition coefficient (Wildman–Crippen LogP) is 4.58. The van der Waals surface area contributed by atoms with Gasteiger partial charge >= 0.3 is 6.03 Å². The Morgan fingerprint density at radius 1 is 0.949 bits per heavy atom. The first-order valence-electron chi connectivity index (χ1n) is 13.1. The Balaban J connectivity index is 1.29. The number of methoxy groups -OCH3 is 2. The highest BCUT2D eigenvalue weighted by atomic mass is 16.5. The molecule has 0 atom stereocenters. The van der Waals surface area contributed by atoms with Crippen LogP contribution in [-0.4, -0.2) is 54.8 Å². The highest BCUT2D eigenvalue weighted by molar-refractivity contribution is 5.91. The number of nitrogens with zero attached hydrogens (tertiary/aromatic N) is 3. The van der Waals surface area contributed by atoms with Crippen molar-refractivity contribution in [3.05, 3.63) is 84.2 Å². The number of carbonyl (C=O) groups is 1. The van der Waals surface area contributed by atoms with Crippen LogP contribution >= 0.6 is 0 Å². The summed E-state index contributed by atoms with van der Waals surface area (Å²) in [6, 6.07) is 23.6. The quantitative estimate of drug-likeness (QED) is 0.308. The Bertz CT molecular complexity index is 1420. The molecule has 0 aliphatic carbocycles. The number of hydrogen-bond acceptors (Lipinski definition) is 7. The zero-order chi connectivity index (χ0) is 27.2. The lowest BCUT2D eigenvalue weighted by Crippen LogP contribution is -2.50. The van der Waals surface area contributed by atoms with Gasteiger partial charge in [0.05, 0.1) is 26.3 Å². The first-order valence-corrected chi connectivity index (χ1v) is 13.1. The number of anilines is 2. The number of para-hydroxylation sites is 1. The van der Waals surface area contributed by atoms with Gasteiger partial charge in [-0.3, -0.25) is 0 Å². The number of amides is 2. The summed E-state index contributed by atoms with van der Waals surface area (Å²) in [6.45, 7) is 2.51. The van der Waals surface area contributed by atoms with E-state index in [9.17, 15) is 4.79 Å². The lowest BCUT2D eigenvalue weighted by molar-refractivity contribution is 0.165. The molecule has 0 spiro atoms. The molecule has 0 radical (unpaired) electrons. The molecule has 3 aromatic carbocycles. The lowest BCUT2D eigenvalue weighted by atomic mass is 9.72. The van der Waals surface area contributed by atoms with Gasteiger partial charge in [0.15, 0.2) is 11.5 Å². The summed E-state index contributed by atoms with van der Waals surface area (Å²) >= 11 is 0. The summed E-state index contributed by atoms with van der Waals surface area (Å²) in [5.41, 5.74) is 8.93. The minimum atomic E-state index is -0.121. The zero-order valence-corrected chi connectivity index (χ0v) is 22.3. The van der Waals surface area contributed by atoms with Crippen molar-refractivity contribution in [1.82, 2.24) is 20.2 Å². The van der Waals surface area contributed by atoms with Crippen LogP contribution in [0.2, 0.25) is 0 Å². The number of aromatic nitrogens is 2. The maximum absolute atomic E-state index is 12.9. The van der Waals surface area contributed by atoms with Gasteiger partial charge in [-0.15, -0.1) is 0 Å². The van der Waals surface area contributed by atoms with Crippen molar-refractivity contribution in [2.75, 3.05) is 44.9 Å². The second kappa shape index (κ2) is 11.6. The maximum Gasteiger partial charge on any atom is 0.321 e. The van der Waals surface area contributed by atoms with Crippen molar-refractivity contribution in [2.24, 2.45) is 0 Å². The largest absolute Gasteiger partial charge is 0.493 e. The zero-order valence-electron chi connectivity index (χ0n) is 22.3. The van der Waals surface area contributed by atoms with Crippen molar-refractivity contribution in [1.29, 1.82) is 0 Å². The molecule has 1 saturated heterocycles. The van der Waals surface area contributed by atoms with E-state index >= 15 is 0 Å². The van der Waals surface area contributed by atoms with Crippen LogP contribution < -0.4 is 25.8 Å². The van der Waals surface area contributed by atoms with E-state index in [1.807, 2.05) is 47.4 Å². The standard InChI is InChI=1S/C30H34N6O3/c1-38-25-17-23-24(18-26(25)39-2)34-27(35-28(23)31)19-32-20-30(21-9-5-3-6-10-21)13-15-36(16-14-30)29(37)33-22-11-7-4-8-12-22/h3-12,17-18,32H,13-16,19-20H2,1-2H3,(H,33,37)(H2,31,34,35). The number of ether oxygens (including phenoxy) is 2. The van der Waals surface area contributed by atoms with Gasteiger partial charge in [0.2, 0.25) is 0 Å². The van der Waals surface area contributed by atoms with E-state index in [1.165, 1.54) is 5.56 Å². The smallest absolute Gasteiger partial charge is 0.321 e. The maximum atomic E-state index is 12.9. The molecule has 4 N–H and O–H groups in total. The minimum absolute atomic E-state index is 0.0667. The van der Waals surface area contributed by atoms with Crippen molar-refractivity contribution >= 4 is 28.4 Å². The number of likely N-dealkylation sites (tertiary alicyclic amines) is 1. The van der Waals surface area contributed by atoms with E-state index in [2.05, 4.69) is 39.9 Å². The third kappa shape index (κ3) is 5.73. The van der Waals surface area contributed by atoms with Crippen LogP contribution in [0.3, 0.4) is 0 Å². The van der Waals surface area contributed by atoms with Crippen LogP contribution in [0.1, 0.15) is 24.2 Å². The number of carbonyl (C=O) groups excluding carboxylic acids is 1. The highest BCUT2D eigenvalue weighted by Gasteiger charge is 2.37. The minimum Gasteiger partial charge on any atom is -0.493 e. The molecule has 2 heterocycles. The van der Waals surface area contributed by atoms with Gasteiger partial charge in [0.25, 0.3) is 0 Å². The summed E-state index contributed by atoms with van der Waals surface area (Å²) in [6.07, 6.45) is 1.67. The van der Waals surface area contributed by atoms with Gasteiger partial charge in [-0.25, -0.2) is 14.8 Å². The number of benzene rings is 3. The molecule has 1 aliphatic heterocycles. The summed E-state index contributed by atoms with van der Waals surface area (Å²) < 4.78 is 10.8. The van der Waals surface area contributed by atoms with Crippen molar-refractivity contribution in [3.63, 3.8) is 0 Å². The average Bonchev–Trinajstić information content (AvgIpc) is 2.98. The number of rotatable bonds is 8. The molecular weight excluding hydrogens is 492 g/mol. The van der Waals surface area contributed by atoms with Gasteiger partial charge in [0, 0.05) is 42.2 Å². The van der Waals surface area contributed by atoms with Crippen LogP contribution in [-0.2, 0) is 12.0 Å². The topological polar surface area (TPSA) is 115 Å². The Hall–Kier alpha value is -4.37. The summed E-state index contributed by atoms with van der Waals surface area (Å²) in [5, 5.41) is 7.31. The van der Waals surface area contributed by atoms with E-state index < -0.39 is 0 Å². The van der Waals surface area contributed by atoms with Gasteiger partial charge in [-0.05, 0) is 36.6 Å². The third-order valence-electron chi connectivity index (χ3n) is 7.44. The van der Waals surface area contributed by atoms with Gasteiger partial charge in [-0.1, -0.05) is 48.5 Å². The fraction of sp³-hybridized carbons (Fsp3) is 0.300. The van der Waals surface area contributed by atoms with Gasteiger partial charge in [0.1, 0.15) is 11.6 Å². The molecule has 5 rings (SSSR count). The van der Waals surface area contributed by atoms with E-state index in [0.29, 0.717) is 48.3 Å². The molecule has 9 nitrogen and oxygen atoms in total. The third-order valence-corrected chi connectivity index (χ3v) is 7.44. The SMILES string of the molecule is COc1cc2nc(CNCC3(c4ccccc4)CCN(C(=O)Nc4ccccc4)CC3)nc(N)c2cc1OC. The number of fused-ring (bicyclic) bond motifs is 1. The Morgan fingerprint density at radius 3 is 2.26 bits per heavy atom. The number of hydrogen-bond donors (Lipinski definition) is 3. The van der Waals surface area contributed by atoms with E-state index in [1.54, 1.807) is 20.3 Å². The van der Waals surface area contributed by atoms with Crippen molar-refractivity contribution in [3.8, 4) is 11.5 Å². The second-order valence-electron chi connectivity index (χ2n) is 9.78. The number of urea groups is 1. The number of nitrogens with two attached hydrogens (primary N) is 1. The molecule has 1 fully saturated rings. The number of nitrogen functional groups attached to an aromatic ring is 1. The van der Waals surface area contributed by atoms with Gasteiger partial charge < -0.3 is 30.7 Å².